The summed E-state index contributed by atoms with van der Waals surface area (Å²) in [6.45, 7) is 2.09. The number of carbonyl (C=O) groups excluding carboxylic acids is 4. The third-order valence-electron chi connectivity index (χ3n) is 5.65. The van der Waals surface area contributed by atoms with Crippen molar-refractivity contribution >= 4 is 75.9 Å². The lowest BCUT2D eigenvalue weighted by Gasteiger charge is -2.36. The second-order valence-corrected chi connectivity index (χ2v) is 10.9. The van der Waals surface area contributed by atoms with Crippen molar-refractivity contribution in [3.05, 3.63) is 58.6 Å². The van der Waals surface area contributed by atoms with Crippen LogP contribution < -0.4 is 10.6 Å². The third-order valence-corrected chi connectivity index (χ3v) is 6.43. The number of Topliss-reactive ketones (excluding diaryl/α,β-unsaturated/α-hetero) is 1. The van der Waals surface area contributed by atoms with E-state index in [-0.39, 0.29) is 37.6 Å². The van der Waals surface area contributed by atoms with Crippen molar-refractivity contribution in [2.24, 2.45) is 5.92 Å². The quantitative estimate of drug-likeness (QED) is 0.268. The van der Waals surface area contributed by atoms with Crippen molar-refractivity contribution in [2.45, 2.75) is 36.2 Å². The van der Waals surface area contributed by atoms with Crippen LogP contribution in [0.4, 0.5) is 19.7 Å². The zero-order chi connectivity index (χ0) is 27.3. The molecular weight excluding hydrogens is 573 g/mol. The lowest BCUT2D eigenvalue weighted by Crippen LogP contribution is -2.46. The Labute approximate surface area is 231 Å². The highest BCUT2D eigenvalue weighted by atomic mass is 35.6. The van der Waals surface area contributed by atoms with E-state index in [2.05, 4.69) is 10.3 Å². The first kappa shape index (κ1) is 28.9. The normalized spacial score (nSPS) is 17.6. The molecule has 2 heterocycles. The monoisotopic (exact) mass is 592 g/mol. The number of aromatic nitrogens is 1. The number of anilines is 1. The van der Waals surface area contributed by atoms with E-state index >= 15 is 0 Å². The maximum absolute atomic E-state index is 14.8. The first-order valence-corrected chi connectivity index (χ1v) is 12.4. The van der Waals surface area contributed by atoms with Crippen LogP contribution in [0.25, 0.3) is 0 Å². The van der Waals surface area contributed by atoms with Gasteiger partial charge in [-0.25, -0.2) is 19.0 Å². The molecule has 3 rings (SSSR count). The first-order valence-electron chi connectivity index (χ1n) is 10.9. The van der Waals surface area contributed by atoms with Gasteiger partial charge in [0, 0.05) is 24.7 Å². The average molecular weight is 594 g/mol. The second kappa shape index (κ2) is 12.3. The summed E-state index contributed by atoms with van der Waals surface area (Å²) < 4.78 is 17.7. The fraction of sp³-hybridized carbons (Fsp3) is 0.348. The Balaban J connectivity index is 1.69. The number of hydrogen-bond acceptors (Lipinski definition) is 6. The van der Waals surface area contributed by atoms with Gasteiger partial charge >= 0.3 is 12.1 Å². The van der Waals surface area contributed by atoms with E-state index in [0.717, 1.165) is 11.8 Å². The molecule has 0 spiro atoms. The summed E-state index contributed by atoms with van der Waals surface area (Å²) >= 11 is 22.0. The zero-order valence-corrected chi connectivity index (χ0v) is 22.3. The largest absolute Gasteiger partial charge is 0.445 e. The van der Waals surface area contributed by atoms with Gasteiger partial charge in [-0.15, -0.1) is 0 Å². The molecule has 1 aliphatic rings. The second-order valence-electron chi connectivity index (χ2n) is 8.23. The Morgan fingerprint density at radius 3 is 2.49 bits per heavy atom. The van der Waals surface area contributed by atoms with Gasteiger partial charge in [0.05, 0.1) is 11.3 Å². The number of amides is 4. The third kappa shape index (κ3) is 7.44. The summed E-state index contributed by atoms with van der Waals surface area (Å²) in [4.78, 5) is 55.0. The molecule has 2 N–H and O–H groups in total. The van der Waals surface area contributed by atoms with Gasteiger partial charge in [0.15, 0.2) is 16.8 Å². The van der Waals surface area contributed by atoms with Crippen LogP contribution in [0.1, 0.15) is 35.7 Å². The maximum atomic E-state index is 14.8. The molecule has 37 heavy (non-hydrogen) atoms. The van der Waals surface area contributed by atoms with Crippen molar-refractivity contribution in [2.75, 3.05) is 11.9 Å². The zero-order valence-electron chi connectivity index (χ0n) is 19.3. The van der Waals surface area contributed by atoms with E-state index in [0.29, 0.717) is 0 Å². The molecule has 1 aromatic heterocycles. The molecule has 2 aromatic rings. The van der Waals surface area contributed by atoms with E-state index in [1.165, 1.54) is 4.90 Å². The number of imide groups is 1. The number of hydrogen-bond donors (Lipinski definition) is 2. The van der Waals surface area contributed by atoms with Gasteiger partial charge in [0.25, 0.3) is 9.70 Å². The number of nitrogens with zero attached hydrogens (tertiary/aromatic N) is 2. The van der Waals surface area contributed by atoms with Crippen molar-refractivity contribution in [3.8, 4) is 0 Å². The minimum atomic E-state index is -2.45. The molecule has 198 valence electrons. The SMILES string of the molecule is C[C@@H]1CC(C(=O)c2cnc(Cl)c(F)c2NC(=O)NC(=O)C(Cl)(Cl)Cl)CCN1C(=O)OCc1ccccc1. The number of pyridine rings is 1. The van der Waals surface area contributed by atoms with Crippen molar-refractivity contribution < 1.29 is 28.3 Å². The molecule has 0 aliphatic carbocycles. The maximum Gasteiger partial charge on any atom is 0.410 e. The number of benzene rings is 1. The molecule has 1 aromatic carbocycles. The van der Waals surface area contributed by atoms with Gasteiger partial charge in [-0.2, -0.15) is 0 Å². The molecule has 2 atom stereocenters. The van der Waals surface area contributed by atoms with E-state index in [1.54, 1.807) is 12.2 Å². The minimum absolute atomic E-state index is 0.110. The van der Waals surface area contributed by atoms with Crippen LogP contribution in [0.15, 0.2) is 36.5 Å². The lowest BCUT2D eigenvalue weighted by molar-refractivity contribution is -0.119. The number of rotatable bonds is 5. The Hall–Kier alpha value is -2.66. The summed E-state index contributed by atoms with van der Waals surface area (Å²) in [6.07, 6.45) is 1.01. The van der Waals surface area contributed by atoms with Crippen molar-refractivity contribution in [1.29, 1.82) is 0 Å². The average Bonchev–Trinajstić information content (AvgIpc) is 2.85. The van der Waals surface area contributed by atoms with Crippen LogP contribution in [0.5, 0.6) is 0 Å². The van der Waals surface area contributed by atoms with Crippen LogP contribution in [0, 0.1) is 11.7 Å². The fourth-order valence-corrected chi connectivity index (χ4v) is 4.08. The molecule has 4 amide bonds. The summed E-state index contributed by atoms with van der Waals surface area (Å²) in [7, 11) is 0. The van der Waals surface area contributed by atoms with Gasteiger partial charge in [-0.1, -0.05) is 76.7 Å². The van der Waals surface area contributed by atoms with E-state index < -0.39 is 50.2 Å². The number of urea groups is 1. The standard InChI is InChI=1S/C23H21Cl4FN4O5/c1-12-9-14(7-8-32(12)22(36)37-11-13-5-3-2-4-6-13)18(33)15-10-29-19(24)16(28)17(15)30-21(35)31-20(34)23(25,26)27/h2-6,10,12,14H,7-9,11H2,1H3,(H2,29,30,31,34,35)/t12-,14?/m1/s1. The lowest BCUT2D eigenvalue weighted by atomic mass is 9.85. The summed E-state index contributed by atoms with van der Waals surface area (Å²) in [6, 6.07) is 7.58. The molecule has 0 saturated carbocycles. The van der Waals surface area contributed by atoms with E-state index in [9.17, 15) is 23.6 Å². The Morgan fingerprint density at radius 1 is 1.19 bits per heavy atom. The molecule has 1 aliphatic heterocycles. The molecule has 0 bridgehead atoms. The van der Waals surface area contributed by atoms with Gasteiger partial charge < -0.3 is 15.0 Å². The van der Waals surface area contributed by atoms with Gasteiger partial charge in [0.2, 0.25) is 0 Å². The predicted molar refractivity (Wildman–Crippen MR) is 137 cm³/mol. The number of ketones is 1. The molecule has 1 unspecified atom stereocenters. The number of halogens is 5. The number of nitrogens with one attached hydrogen (secondary N) is 2. The number of likely N-dealkylation sites (tertiary alicyclic amines) is 1. The molecular formula is C23H21Cl4FN4O5. The van der Waals surface area contributed by atoms with Crippen molar-refractivity contribution in [3.63, 3.8) is 0 Å². The number of alkyl halides is 3. The van der Waals surface area contributed by atoms with Crippen LogP contribution in [-0.2, 0) is 16.1 Å². The van der Waals surface area contributed by atoms with Crippen LogP contribution in [0.2, 0.25) is 5.15 Å². The van der Waals surface area contributed by atoms with Crippen LogP contribution >= 0.6 is 46.4 Å². The number of piperidine rings is 1. The van der Waals surface area contributed by atoms with E-state index in [4.69, 9.17) is 51.1 Å². The Kier molecular flexibility index (Phi) is 9.57. The highest BCUT2D eigenvalue weighted by Gasteiger charge is 2.36. The van der Waals surface area contributed by atoms with Crippen molar-refractivity contribution in [1.82, 2.24) is 15.2 Å². The van der Waals surface area contributed by atoms with Gasteiger partial charge in [0.1, 0.15) is 6.61 Å². The molecule has 9 nitrogen and oxygen atoms in total. The van der Waals surface area contributed by atoms with Gasteiger partial charge in [-0.05, 0) is 25.3 Å². The summed E-state index contributed by atoms with van der Waals surface area (Å²) in [5.41, 5.74) is -0.0157. The topological polar surface area (TPSA) is 118 Å². The Morgan fingerprint density at radius 2 is 1.86 bits per heavy atom. The van der Waals surface area contributed by atoms with Gasteiger partial charge in [-0.3, -0.25) is 14.9 Å². The predicted octanol–water partition coefficient (Wildman–Crippen LogP) is 5.51. The van der Waals surface area contributed by atoms with E-state index in [1.807, 2.05) is 30.3 Å². The highest BCUT2D eigenvalue weighted by Crippen LogP contribution is 2.32. The Bertz CT molecular complexity index is 1200. The molecule has 0 radical (unpaired) electrons. The molecule has 14 heteroatoms. The summed E-state index contributed by atoms with van der Waals surface area (Å²) in [5.74, 6) is -3.63. The highest BCUT2D eigenvalue weighted by molar-refractivity contribution is 6.76. The smallest absolute Gasteiger partial charge is 0.410 e. The molecule has 1 fully saturated rings. The minimum Gasteiger partial charge on any atom is -0.445 e. The first-order chi connectivity index (χ1) is 17.4. The number of ether oxygens (including phenoxy) is 1. The van der Waals surface area contributed by atoms with Crippen LogP contribution in [0.3, 0.4) is 0 Å². The molecule has 1 saturated heterocycles. The summed E-state index contributed by atoms with van der Waals surface area (Å²) in [5, 5.41) is 3.18. The van der Waals surface area contributed by atoms with Crippen LogP contribution in [-0.4, -0.2) is 50.1 Å². The fourth-order valence-electron chi connectivity index (χ4n) is 3.80. The number of carbonyl (C=O) groups is 4.